The van der Waals surface area contributed by atoms with Gasteiger partial charge in [0.2, 0.25) is 5.91 Å². The van der Waals surface area contributed by atoms with Gasteiger partial charge >= 0.3 is 0 Å². The van der Waals surface area contributed by atoms with E-state index in [-0.39, 0.29) is 18.2 Å². The quantitative estimate of drug-likeness (QED) is 0.882. The summed E-state index contributed by atoms with van der Waals surface area (Å²) in [5.41, 5.74) is 3.83. The fraction of sp³-hybridized carbons (Fsp3) is 0.263. The molecular weight excluding hydrogens is 288 g/mol. The molecule has 0 bridgehead atoms. The molecule has 1 atom stereocenters. The minimum absolute atomic E-state index is 0.163. The zero-order chi connectivity index (χ0) is 16.4. The topological polar surface area (TPSA) is 49.4 Å². The molecule has 2 amide bonds. The predicted molar refractivity (Wildman–Crippen MR) is 91.5 cm³/mol. The van der Waals surface area contributed by atoms with E-state index in [9.17, 15) is 9.59 Å². The van der Waals surface area contributed by atoms with Crippen molar-refractivity contribution in [1.29, 1.82) is 0 Å². The van der Waals surface area contributed by atoms with Gasteiger partial charge in [-0.05, 0) is 43.2 Å². The Morgan fingerprint density at radius 1 is 1.04 bits per heavy atom. The fourth-order valence-electron chi connectivity index (χ4n) is 2.75. The zero-order valence-corrected chi connectivity index (χ0v) is 13.4. The third-order valence-corrected chi connectivity index (χ3v) is 4.14. The molecule has 1 aliphatic rings. The van der Waals surface area contributed by atoms with Gasteiger partial charge in [0.1, 0.15) is 6.04 Å². The number of hydrogen-bond donors (Lipinski definition) is 1. The van der Waals surface area contributed by atoms with Crippen LogP contribution in [0.1, 0.15) is 24.5 Å². The lowest BCUT2D eigenvalue weighted by Gasteiger charge is -2.16. The Bertz CT molecular complexity index is 720. The highest BCUT2D eigenvalue weighted by Gasteiger charge is 2.39. The van der Waals surface area contributed by atoms with E-state index in [4.69, 9.17) is 0 Å². The van der Waals surface area contributed by atoms with Gasteiger partial charge in [0.15, 0.2) is 0 Å². The van der Waals surface area contributed by atoms with Crippen LogP contribution in [0.15, 0.2) is 48.5 Å². The largest absolute Gasteiger partial charge is 0.373 e. The van der Waals surface area contributed by atoms with Crippen molar-refractivity contribution in [3.8, 4) is 0 Å². The van der Waals surface area contributed by atoms with E-state index in [2.05, 4.69) is 12.2 Å². The van der Waals surface area contributed by atoms with Gasteiger partial charge < -0.3 is 5.32 Å². The maximum atomic E-state index is 12.6. The van der Waals surface area contributed by atoms with Crippen LogP contribution >= 0.6 is 0 Å². The second-order valence-corrected chi connectivity index (χ2v) is 5.85. The number of carbonyl (C=O) groups is 2. The van der Waals surface area contributed by atoms with Crippen LogP contribution in [0.25, 0.3) is 0 Å². The second-order valence-electron chi connectivity index (χ2n) is 5.85. The van der Waals surface area contributed by atoms with Crippen LogP contribution in [0.4, 0.5) is 11.4 Å². The molecule has 1 heterocycles. The molecule has 4 heteroatoms. The smallest absolute Gasteiger partial charge is 0.256 e. The molecule has 0 radical (unpaired) electrons. The monoisotopic (exact) mass is 308 g/mol. The summed E-state index contributed by atoms with van der Waals surface area (Å²) >= 11 is 0. The lowest BCUT2D eigenvalue weighted by Crippen LogP contribution is -2.34. The van der Waals surface area contributed by atoms with Gasteiger partial charge in [-0.15, -0.1) is 0 Å². The number of nitrogens with one attached hydrogen (secondary N) is 1. The first kappa shape index (κ1) is 15.3. The molecule has 0 aliphatic carbocycles. The number of rotatable bonds is 4. The molecule has 4 nitrogen and oxygen atoms in total. The Morgan fingerprint density at radius 2 is 1.70 bits per heavy atom. The van der Waals surface area contributed by atoms with E-state index in [1.165, 1.54) is 10.5 Å². The number of anilines is 2. The van der Waals surface area contributed by atoms with Crippen molar-refractivity contribution in [1.82, 2.24) is 0 Å². The summed E-state index contributed by atoms with van der Waals surface area (Å²) in [6.07, 6.45) is 1.11. The predicted octanol–water partition coefficient (Wildman–Crippen LogP) is 3.30. The number of amides is 2. The molecule has 1 fully saturated rings. The third-order valence-electron chi connectivity index (χ3n) is 4.14. The zero-order valence-electron chi connectivity index (χ0n) is 13.4. The summed E-state index contributed by atoms with van der Waals surface area (Å²) in [4.78, 5) is 26.1. The molecule has 1 saturated heterocycles. The molecule has 0 aromatic heterocycles. The van der Waals surface area contributed by atoms with E-state index in [0.717, 1.165) is 17.7 Å². The first-order chi connectivity index (χ1) is 11.1. The number of benzene rings is 2. The SMILES string of the molecule is CCc1ccc(N2C(=O)C[C@@H](Nc3ccc(C)cc3)C2=O)cc1. The van der Waals surface area contributed by atoms with Gasteiger partial charge in [-0.3, -0.25) is 9.59 Å². The molecule has 3 rings (SSSR count). The van der Waals surface area contributed by atoms with Gasteiger partial charge in [-0.1, -0.05) is 36.8 Å². The second kappa shape index (κ2) is 6.24. The molecular formula is C19H20N2O2. The molecule has 1 aliphatic heterocycles. The molecule has 0 spiro atoms. The molecule has 23 heavy (non-hydrogen) atoms. The van der Waals surface area contributed by atoms with E-state index in [1.54, 1.807) is 0 Å². The Morgan fingerprint density at radius 3 is 2.30 bits per heavy atom. The summed E-state index contributed by atoms with van der Waals surface area (Å²) in [6, 6.07) is 14.9. The summed E-state index contributed by atoms with van der Waals surface area (Å²) in [5.74, 6) is -0.358. The number of aryl methyl sites for hydroxylation is 2. The van der Waals surface area contributed by atoms with Crippen LogP contribution in [-0.4, -0.2) is 17.9 Å². The van der Waals surface area contributed by atoms with Crippen LogP contribution in [0, 0.1) is 6.92 Å². The third kappa shape index (κ3) is 3.11. The normalized spacial score (nSPS) is 17.7. The summed E-state index contributed by atoms with van der Waals surface area (Å²) in [5, 5.41) is 3.16. The van der Waals surface area contributed by atoms with Crippen LogP contribution in [0.5, 0.6) is 0 Å². The Balaban J connectivity index is 1.77. The van der Waals surface area contributed by atoms with E-state index in [1.807, 2.05) is 55.5 Å². The maximum Gasteiger partial charge on any atom is 0.256 e. The van der Waals surface area contributed by atoms with Crippen molar-refractivity contribution in [2.24, 2.45) is 0 Å². The van der Waals surface area contributed by atoms with E-state index < -0.39 is 6.04 Å². The van der Waals surface area contributed by atoms with Crippen LogP contribution in [0.3, 0.4) is 0 Å². The number of hydrogen-bond acceptors (Lipinski definition) is 3. The average molecular weight is 308 g/mol. The fourth-order valence-corrected chi connectivity index (χ4v) is 2.75. The number of imide groups is 1. The highest BCUT2D eigenvalue weighted by molar-refractivity contribution is 6.23. The summed E-state index contributed by atoms with van der Waals surface area (Å²) < 4.78 is 0. The van der Waals surface area contributed by atoms with Crippen molar-refractivity contribution in [3.05, 3.63) is 59.7 Å². The molecule has 0 unspecified atom stereocenters. The molecule has 2 aromatic rings. The van der Waals surface area contributed by atoms with Crippen molar-refractivity contribution < 1.29 is 9.59 Å². The van der Waals surface area contributed by atoms with Crippen molar-refractivity contribution in [3.63, 3.8) is 0 Å². The van der Waals surface area contributed by atoms with Gasteiger partial charge in [0, 0.05) is 5.69 Å². The highest BCUT2D eigenvalue weighted by Crippen LogP contribution is 2.25. The molecule has 1 N–H and O–H groups in total. The lowest BCUT2D eigenvalue weighted by atomic mass is 10.1. The number of carbonyl (C=O) groups excluding carboxylic acids is 2. The van der Waals surface area contributed by atoms with Gasteiger partial charge in [-0.2, -0.15) is 0 Å². The summed E-state index contributed by atoms with van der Waals surface area (Å²) in [6.45, 7) is 4.08. The Hall–Kier alpha value is -2.62. The number of nitrogens with zero attached hydrogens (tertiary/aromatic N) is 1. The Labute approximate surface area is 136 Å². The first-order valence-corrected chi connectivity index (χ1v) is 7.87. The van der Waals surface area contributed by atoms with Gasteiger partial charge in [-0.25, -0.2) is 4.90 Å². The van der Waals surface area contributed by atoms with Gasteiger partial charge in [0.25, 0.3) is 5.91 Å². The van der Waals surface area contributed by atoms with E-state index >= 15 is 0 Å². The molecule has 0 saturated carbocycles. The molecule has 118 valence electrons. The standard InChI is InChI=1S/C19H20N2O2/c1-3-14-6-10-16(11-7-14)21-18(22)12-17(19(21)23)20-15-8-4-13(2)5-9-15/h4-11,17,20H,3,12H2,1-2H3/t17-/m1/s1. The van der Waals surface area contributed by atoms with E-state index in [0.29, 0.717) is 5.69 Å². The highest BCUT2D eigenvalue weighted by atomic mass is 16.2. The van der Waals surface area contributed by atoms with Crippen LogP contribution < -0.4 is 10.2 Å². The minimum Gasteiger partial charge on any atom is -0.373 e. The van der Waals surface area contributed by atoms with Crippen LogP contribution in [-0.2, 0) is 16.0 Å². The van der Waals surface area contributed by atoms with Crippen molar-refractivity contribution >= 4 is 23.2 Å². The average Bonchev–Trinajstić information content (AvgIpc) is 2.84. The van der Waals surface area contributed by atoms with Gasteiger partial charge in [0.05, 0.1) is 12.1 Å². The Kier molecular flexibility index (Phi) is 4.15. The lowest BCUT2D eigenvalue weighted by molar-refractivity contribution is -0.121. The summed E-state index contributed by atoms with van der Waals surface area (Å²) in [7, 11) is 0. The minimum atomic E-state index is -0.504. The maximum absolute atomic E-state index is 12.6. The van der Waals surface area contributed by atoms with Crippen LogP contribution in [0.2, 0.25) is 0 Å². The van der Waals surface area contributed by atoms with Crippen molar-refractivity contribution in [2.75, 3.05) is 10.2 Å². The van der Waals surface area contributed by atoms with Crippen molar-refractivity contribution in [2.45, 2.75) is 32.7 Å². The molecule has 2 aromatic carbocycles. The first-order valence-electron chi connectivity index (χ1n) is 7.87.